The Hall–Kier alpha value is -4.26. The van der Waals surface area contributed by atoms with Crippen molar-refractivity contribution >= 4 is 22.9 Å². The van der Waals surface area contributed by atoms with Gasteiger partial charge in [0.2, 0.25) is 0 Å². The van der Waals surface area contributed by atoms with Crippen molar-refractivity contribution in [3.63, 3.8) is 0 Å². The highest BCUT2D eigenvalue weighted by Gasteiger charge is 2.38. The maximum absolute atomic E-state index is 14.4. The molecule has 0 saturated heterocycles. The molecule has 2 aliphatic rings. The van der Waals surface area contributed by atoms with Gasteiger partial charge in [0.1, 0.15) is 17.8 Å². The van der Waals surface area contributed by atoms with E-state index in [2.05, 4.69) is 10.4 Å². The number of carbonyl (C=O) groups is 1. The van der Waals surface area contributed by atoms with Gasteiger partial charge in [0, 0.05) is 23.4 Å². The van der Waals surface area contributed by atoms with Crippen LogP contribution in [0.4, 0.5) is 22.0 Å². The monoisotopic (exact) mass is 456 g/mol. The third-order valence-electron chi connectivity index (χ3n) is 4.89. The molecule has 1 atom stereocenters. The van der Waals surface area contributed by atoms with Crippen LogP contribution in [0.5, 0.6) is 0 Å². The molecule has 1 amide bonds. The lowest BCUT2D eigenvalue weighted by Crippen LogP contribution is -2.48. The normalized spacial score (nSPS) is 18.2. The van der Waals surface area contributed by atoms with Crippen LogP contribution in [0.3, 0.4) is 0 Å². The maximum atomic E-state index is 14.4. The number of nitrogens with zero attached hydrogens (tertiary/aromatic N) is 3. The molecule has 0 fully saturated rings. The van der Waals surface area contributed by atoms with E-state index in [0.29, 0.717) is 28.3 Å². The minimum absolute atomic E-state index is 0.0134. The van der Waals surface area contributed by atoms with E-state index in [1.807, 2.05) is 6.07 Å². The number of hydrazone groups is 1. The van der Waals surface area contributed by atoms with Crippen molar-refractivity contribution in [2.24, 2.45) is 5.10 Å². The van der Waals surface area contributed by atoms with E-state index in [9.17, 15) is 26.7 Å². The fourth-order valence-corrected chi connectivity index (χ4v) is 3.30. The quantitative estimate of drug-likeness (QED) is 0.677. The third kappa shape index (κ3) is 4.52. The van der Waals surface area contributed by atoms with Gasteiger partial charge in [0.25, 0.3) is 5.91 Å². The SMILES string of the molecule is N#Cc1ccc(C2=CC(=O)N3N=C(C(F)(F)F)C=CC(c4ccc(F)cc4F)=CC3N2)cc1. The van der Waals surface area contributed by atoms with E-state index in [1.54, 1.807) is 12.1 Å². The minimum Gasteiger partial charge on any atom is -0.360 e. The van der Waals surface area contributed by atoms with Gasteiger partial charge in [-0.05, 0) is 47.6 Å². The lowest BCUT2D eigenvalue weighted by Gasteiger charge is -2.33. The van der Waals surface area contributed by atoms with Crippen molar-refractivity contribution < 1.29 is 26.7 Å². The summed E-state index contributed by atoms with van der Waals surface area (Å²) in [5, 5.41) is 15.9. The van der Waals surface area contributed by atoms with Gasteiger partial charge in [-0.1, -0.05) is 18.2 Å². The summed E-state index contributed by atoms with van der Waals surface area (Å²) in [7, 11) is 0. The van der Waals surface area contributed by atoms with Crippen LogP contribution in [0.1, 0.15) is 16.7 Å². The van der Waals surface area contributed by atoms with Gasteiger partial charge >= 0.3 is 6.18 Å². The molecule has 2 heterocycles. The summed E-state index contributed by atoms with van der Waals surface area (Å²) in [5.74, 6) is -2.67. The molecule has 0 aromatic heterocycles. The molecule has 4 rings (SSSR count). The highest BCUT2D eigenvalue weighted by molar-refractivity contribution is 6.04. The fourth-order valence-electron chi connectivity index (χ4n) is 3.30. The Balaban J connectivity index is 1.83. The predicted molar refractivity (Wildman–Crippen MR) is 110 cm³/mol. The average molecular weight is 456 g/mol. The molecule has 5 nitrogen and oxygen atoms in total. The van der Waals surface area contributed by atoms with Gasteiger partial charge in [0.05, 0.1) is 11.6 Å². The highest BCUT2D eigenvalue weighted by Crippen LogP contribution is 2.29. The van der Waals surface area contributed by atoms with E-state index in [0.717, 1.165) is 24.3 Å². The molecule has 1 unspecified atom stereocenters. The van der Waals surface area contributed by atoms with Crippen molar-refractivity contribution in [3.05, 3.63) is 95.1 Å². The van der Waals surface area contributed by atoms with Crippen molar-refractivity contribution in [2.45, 2.75) is 12.3 Å². The average Bonchev–Trinajstić information content (AvgIpc) is 2.74. The zero-order valence-electron chi connectivity index (χ0n) is 16.6. The molecule has 2 aromatic carbocycles. The summed E-state index contributed by atoms with van der Waals surface area (Å²) in [6.45, 7) is 0. The first-order chi connectivity index (χ1) is 15.7. The zero-order chi connectivity index (χ0) is 23.8. The predicted octanol–water partition coefficient (Wildman–Crippen LogP) is 4.51. The Kier molecular flexibility index (Phi) is 5.55. The van der Waals surface area contributed by atoms with Gasteiger partial charge in [-0.15, -0.1) is 0 Å². The van der Waals surface area contributed by atoms with Crippen LogP contribution in [-0.4, -0.2) is 29.0 Å². The van der Waals surface area contributed by atoms with E-state index in [-0.39, 0.29) is 16.8 Å². The first kappa shape index (κ1) is 22.0. The number of benzene rings is 2. The van der Waals surface area contributed by atoms with E-state index in [4.69, 9.17) is 5.26 Å². The maximum Gasteiger partial charge on any atom is 0.435 e. The molecule has 0 bridgehead atoms. The van der Waals surface area contributed by atoms with Gasteiger partial charge < -0.3 is 5.32 Å². The third-order valence-corrected chi connectivity index (χ3v) is 4.89. The molecule has 0 spiro atoms. The summed E-state index contributed by atoms with van der Waals surface area (Å²) < 4.78 is 68.2. The summed E-state index contributed by atoms with van der Waals surface area (Å²) >= 11 is 0. The van der Waals surface area contributed by atoms with Crippen LogP contribution in [0, 0.1) is 23.0 Å². The van der Waals surface area contributed by atoms with Gasteiger partial charge in [-0.25, -0.2) is 13.8 Å². The number of fused-ring (bicyclic) bond motifs is 1. The molecule has 2 aromatic rings. The first-order valence-corrected chi connectivity index (χ1v) is 9.49. The molecule has 0 saturated carbocycles. The molecular weight excluding hydrogens is 443 g/mol. The Morgan fingerprint density at radius 1 is 1.06 bits per heavy atom. The number of hydrogen-bond donors (Lipinski definition) is 1. The number of nitrogens with one attached hydrogen (secondary N) is 1. The molecule has 33 heavy (non-hydrogen) atoms. The number of carbonyl (C=O) groups excluding carboxylic acids is 1. The molecule has 0 radical (unpaired) electrons. The summed E-state index contributed by atoms with van der Waals surface area (Å²) in [6.07, 6.45) is -2.08. The van der Waals surface area contributed by atoms with Crippen molar-refractivity contribution in [1.29, 1.82) is 5.26 Å². The lowest BCUT2D eigenvalue weighted by molar-refractivity contribution is -0.128. The number of alkyl halides is 3. The molecular formula is C23H13F5N4O. The number of rotatable bonds is 2. The standard InChI is InChI=1S/C23H13F5N4O/c24-16-6-7-17(18(25)10-16)15-5-8-20(23(26,27)28)31-32-21(9-15)30-19(11-22(32)33)14-3-1-13(12-29)2-4-14/h1-11,21,30H. The highest BCUT2D eigenvalue weighted by atomic mass is 19.4. The van der Waals surface area contributed by atoms with Crippen LogP contribution in [-0.2, 0) is 4.79 Å². The number of nitriles is 1. The molecule has 166 valence electrons. The second-order valence-electron chi connectivity index (χ2n) is 7.08. The number of amides is 1. The Morgan fingerprint density at radius 2 is 1.79 bits per heavy atom. The Morgan fingerprint density at radius 3 is 2.42 bits per heavy atom. The van der Waals surface area contributed by atoms with Gasteiger partial charge in [-0.2, -0.15) is 23.5 Å². The van der Waals surface area contributed by atoms with Crippen LogP contribution >= 0.6 is 0 Å². The largest absolute Gasteiger partial charge is 0.435 e. The van der Waals surface area contributed by atoms with Crippen LogP contribution < -0.4 is 5.32 Å². The number of hydrogen-bond acceptors (Lipinski definition) is 4. The van der Waals surface area contributed by atoms with Crippen molar-refractivity contribution in [1.82, 2.24) is 10.3 Å². The minimum atomic E-state index is -4.89. The zero-order valence-corrected chi connectivity index (χ0v) is 16.6. The molecule has 1 N–H and O–H groups in total. The van der Waals surface area contributed by atoms with Crippen molar-refractivity contribution in [3.8, 4) is 6.07 Å². The summed E-state index contributed by atoms with van der Waals surface area (Å²) in [4.78, 5) is 12.7. The van der Waals surface area contributed by atoms with Crippen LogP contribution in [0.25, 0.3) is 11.3 Å². The van der Waals surface area contributed by atoms with Gasteiger partial charge in [0.15, 0.2) is 5.71 Å². The first-order valence-electron chi connectivity index (χ1n) is 9.49. The van der Waals surface area contributed by atoms with Crippen molar-refractivity contribution in [2.75, 3.05) is 0 Å². The van der Waals surface area contributed by atoms with E-state index >= 15 is 0 Å². The summed E-state index contributed by atoms with van der Waals surface area (Å²) in [5.41, 5.74) is -0.379. The summed E-state index contributed by atoms with van der Waals surface area (Å²) in [6, 6.07) is 10.8. The smallest absolute Gasteiger partial charge is 0.360 e. The van der Waals surface area contributed by atoms with Crippen LogP contribution in [0.15, 0.2) is 71.9 Å². The molecule has 10 heteroatoms. The van der Waals surface area contributed by atoms with E-state index < -0.39 is 35.6 Å². The number of allylic oxidation sites excluding steroid dienone is 3. The topological polar surface area (TPSA) is 68.5 Å². The van der Waals surface area contributed by atoms with E-state index in [1.165, 1.54) is 18.2 Å². The fraction of sp³-hybridized carbons (Fsp3) is 0.0870. The lowest BCUT2D eigenvalue weighted by atomic mass is 10.0. The molecule has 0 aliphatic carbocycles. The number of halogens is 5. The second kappa shape index (κ2) is 8.35. The second-order valence-corrected chi connectivity index (χ2v) is 7.08. The molecule has 2 aliphatic heterocycles. The Labute approximate surface area is 184 Å². The van der Waals surface area contributed by atoms with Gasteiger partial charge in [-0.3, -0.25) is 4.79 Å². The Bertz CT molecular complexity index is 1280. The van der Waals surface area contributed by atoms with Crippen LogP contribution in [0.2, 0.25) is 0 Å².